The van der Waals surface area contributed by atoms with Gasteiger partial charge in [-0.1, -0.05) is 183 Å². The number of aliphatic hydroxyl groups is 8. The van der Waals surface area contributed by atoms with Gasteiger partial charge in [0.05, 0.1) is 32.0 Å². The van der Waals surface area contributed by atoms with E-state index in [-0.39, 0.29) is 18.9 Å². The lowest BCUT2D eigenvalue weighted by atomic mass is 9.97. The van der Waals surface area contributed by atoms with Crippen LogP contribution in [-0.4, -0.2) is 140 Å². The lowest BCUT2D eigenvalue weighted by Gasteiger charge is -2.46. The molecular formula is C57H99NO13. The maximum atomic E-state index is 13.2. The van der Waals surface area contributed by atoms with Crippen molar-refractivity contribution in [2.75, 3.05) is 19.8 Å². The summed E-state index contributed by atoms with van der Waals surface area (Å²) >= 11 is 0. The zero-order valence-corrected chi connectivity index (χ0v) is 43.7. The molecule has 2 aliphatic heterocycles. The van der Waals surface area contributed by atoms with E-state index in [2.05, 4.69) is 79.9 Å². The third kappa shape index (κ3) is 29.2. The van der Waals surface area contributed by atoms with Crippen LogP contribution in [0.2, 0.25) is 0 Å². The molecule has 2 rings (SSSR count). The fourth-order valence-electron chi connectivity index (χ4n) is 8.65. The summed E-state index contributed by atoms with van der Waals surface area (Å²) in [5.41, 5.74) is 0. The fraction of sp³-hybridized carbons (Fsp3) is 0.772. The molecule has 0 spiro atoms. The highest BCUT2D eigenvalue weighted by Crippen LogP contribution is 2.30. The normalized spacial score (nSPS) is 26.3. The lowest BCUT2D eigenvalue weighted by molar-refractivity contribution is -0.359. The van der Waals surface area contributed by atoms with E-state index in [0.717, 1.165) is 64.2 Å². The summed E-state index contributed by atoms with van der Waals surface area (Å²) in [6, 6.07) is -0.934. The molecule has 2 heterocycles. The van der Waals surface area contributed by atoms with Crippen LogP contribution in [-0.2, 0) is 23.7 Å². The third-order valence-corrected chi connectivity index (χ3v) is 13.1. The van der Waals surface area contributed by atoms with E-state index in [1.807, 2.05) is 6.08 Å². The summed E-state index contributed by atoms with van der Waals surface area (Å²) in [6.07, 6.45) is 38.0. The molecule has 0 aromatic carbocycles. The van der Waals surface area contributed by atoms with Crippen molar-refractivity contribution in [1.29, 1.82) is 0 Å². The van der Waals surface area contributed by atoms with Gasteiger partial charge in [-0.25, -0.2) is 0 Å². The molecule has 12 atom stereocenters. The van der Waals surface area contributed by atoms with Crippen LogP contribution in [0.1, 0.15) is 187 Å². The van der Waals surface area contributed by atoms with E-state index in [1.54, 1.807) is 6.08 Å². The van der Waals surface area contributed by atoms with Crippen LogP contribution in [0, 0.1) is 0 Å². The molecule has 71 heavy (non-hydrogen) atoms. The summed E-state index contributed by atoms with van der Waals surface area (Å²) in [7, 11) is 0. The smallest absolute Gasteiger partial charge is 0.220 e. The molecule has 14 nitrogen and oxygen atoms in total. The van der Waals surface area contributed by atoms with Crippen LogP contribution >= 0.6 is 0 Å². The van der Waals surface area contributed by atoms with E-state index in [4.69, 9.17) is 18.9 Å². The Hall–Kier alpha value is -2.57. The number of amides is 1. The second kappa shape index (κ2) is 42.8. The van der Waals surface area contributed by atoms with Crippen molar-refractivity contribution < 1.29 is 64.6 Å². The Morgan fingerprint density at radius 1 is 0.521 bits per heavy atom. The third-order valence-electron chi connectivity index (χ3n) is 13.1. The van der Waals surface area contributed by atoms with Gasteiger partial charge in [0.1, 0.15) is 48.8 Å². The zero-order chi connectivity index (χ0) is 51.7. The van der Waals surface area contributed by atoms with E-state index in [1.165, 1.54) is 89.9 Å². The summed E-state index contributed by atoms with van der Waals surface area (Å²) in [6.45, 7) is 2.63. The number of allylic oxidation sites excluding steroid dienone is 11. The Morgan fingerprint density at radius 2 is 0.986 bits per heavy atom. The molecule has 2 saturated heterocycles. The van der Waals surface area contributed by atoms with Crippen LogP contribution < -0.4 is 5.32 Å². The van der Waals surface area contributed by atoms with Gasteiger partial charge in [-0.3, -0.25) is 4.79 Å². The predicted molar refractivity (Wildman–Crippen MR) is 281 cm³/mol. The van der Waals surface area contributed by atoms with Gasteiger partial charge in [-0.2, -0.15) is 0 Å². The lowest BCUT2D eigenvalue weighted by Crippen LogP contribution is -2.65. The molecule has 9 N–H and O–H groups in total. The first kappa shape index (κ1) is 64.5. The summed E-state index contributed by atoms with van der Waals surface area (Å²) in [4.78, 5) is 13.2. The maximum Gasteiger partial charge on any atom is 0.220 e. The molecule has 0 aliphatic carbocycles. The number of rotatable bonds is 42. The van der Waals surface area contributed by atoms with Crippen molar-refractivity contribution in [1.82, 2.24) is 5.32 Å². The van der Waals surface area contributed by atoms with Gasteiger partial charge in [-0.05, 0) is 70.6 Å². The molecule has 0 aromatic rings. The van der Waals surface area contributed by atoms with Crippen LogP contribution in [0.5, 0.6) is 0 Å². The zero-order valence-electron chi connectivity index (χ0n) is 43.7. The highest BCUT2D eigenvalue weighted by atomic mass is 16.7. The Labute approximate surface area is 428 Å². The van der Waals surface area contributed by atoms with Crippen LogP contribution in [0.25, 0.3) is 0 Å². The van der Waals surface area contributed by atoms with Crippen LogP contribution in [0.4, 0.5) is 0 Å². The number of unbranched alkanes of at least 4 members (excludes halogenated alkanes) is 19. The molecular weight excluding hydrogens is 907 g/mol. The van der Waals surface area contributed by atoms with Gasteiger partial charge in [0, 0.05) is 6.42 Å². The number of hydrogen-bond acceptors (Lipinski definition) is 13. The van der Waals surface area contributed by atoms with Crippen molar-refractivity contribution in [3.8, 4) is 0 Å². The summed E-state index contributed by atoms with van der Waals surface area (Å²) < 4.78 is 22.7. The van der Waals surface area contributed by atoms with Gasteiger partial charge in [0.25, 0.3) is 0 Å². The minimum Gasteiger partial charge on any atom is -0.394 e. The van der Waals surface area contributed by atoms with Gasteiger partial charge in [0.15, 0.2) is 12.6 Å². The predicted octanol–water partition coefficient (Wildman–Crippen LogP) is 8.38. The molecule has 0 radical (unpaired) electrons. The van der Waals surface area contributed by atoms with Crippen molar-refractivity contribution >= 4 is 5.91 Å². The molecule has 1 amide bonds. The molecule has 410 valence electrons. The average molecular weight is 1010 g/mol. The molecule has 0 saturated carbocycles. The number of carbonyl (C=O) groups excluding carboxylic acids is 1. The van der Waals surface area contributed by atoms with Crippen molar-refractivity contribution in [2.24, 2.45) is 0 Å². The maximum absolute atomic E-state index is 13.2. The number of hydrogen-bond donors (Lipinski definition) is 9. The molecule has 12 unspecified atom stereocenters. The second-order valence-electron chi connectivity index (χ2n) is 19.3. The minimum absolute atomic E-state index is 0.256. The van der Waals surface area contributed by atoms with E-state index in [9.17, 15) is 45.6 Å². The van der Waals surface area contributed by atoms with Crippen molar-refractivity contribution in [2.45, 2.75) is 261 Å². The molecule has 2 fully saturated rings. The minimum atomic E-state index is -1.79. The average Bonchev–Trinajstić information content (AvgIpc) is 3.37. The van der Waals surface area contributed by atoms with Gasteiger partial charge in [0.2, 0.25) is 5.91 Å². The summed E-state index contributed by atoms with van der Waals surface area (Å²) in [5, 5.41) is 86.8. The largest absolute Gasteiger partial charge is 0.394 e. The topological polar surface area (TPSA) is 228 Å². The first-order valence-electron chi connectivity index (χ1n) is 27.7. The standard InChI is InChI=1S/C57H99NO13/c1-3-5-7-9-11-13-15-17-18-19-20-21-22-23-24-25-26-27-28-29-31-33-35-37-39-41-49(62)58-45(46(61)40-38-36-34-32-30-16-14-12-10-8-6-4-2)44-68-56-54(67)52(65)55(48(43-60)70-56)71-57-53(66)51(64)50(63)47(42-59)69-57/h5,7,11,13,17-18,20-21,30,32,38,40,45-48,50-57,59-61,63-67H,3-4,6,8-10,12,14-16,19,22-29,31,33-37,39,41-44H2,1-2H3,(H,58,62)/b7-5-,13-11-,18-17-,21-20-,32-30+,40-38+. The molecule has 14 heteroatoms. The monoisotopic (exact) mass is 1010 g/mol. The number of ether oxygens (including phenoxy) is 4. The highest BCUT2D eigenvalue weighted by molar-refractivity contribution is 5.76. The fourth-order valence-corrected chi connectivity index (χ4v) is 8.65. The summed E-state index contributed by atoms with van der Waals surface area (Å²) in [5.74, 6) is -0.256. The highest BCUT2D eigenvalue weighted by Gasteiger charge is 2.51. The number of nitrogens with one attached hydrogen (secondary N) is 1. The van der Waals surface area contributed by atoms with E-state index < -0.39 is 86.8 Å². The molecule has 2 aliphatic rings. The number of carbonyl (C=O) groups is 1. The number of aliphatic hydroxyl groups excluding tert-OH is 8. The van der Waals surface area contributed by atoms with E-state index >= 15 is 0 Å². The molecule has 0 bridgehead atoms. The molecule has 0 aromatic heterocycles. The van der Waals surface area contributed by atoms with Gasteiger partial charge < -0.3 is 65.1 Å². The van der Waals surface area contributed by atoms with Crippen molar-refractivity contribution in [3.05, 3.63) is 72.9 Å². The van der Waals surface area contributed by atoms with Crippen LogP contribution in [0.15, 0.2) is 72.9 Å². The quantitative estimate of drug-likeness (QED) is 0.0207. The Balaban J connectivity index is 1.75. The van der Waals surface area contributed by atoms with Gasteiger partial charge in [-0.15, -0.1) is 0 Å². The van der Waals surface area contributed by atoms with Crippen LogP contribution in [0.3, 0.4) is 0 Å². The second-order valence-corrected chi connectivity index (χ2v) is 19.3. The van der Waals surface area contributed by atoms with Crippen molar-refractivity contribution in [3.63, 3.8) is 0 Å². The Bertz CT molecular complexity index is 1470. The Morgan fingerprint density at radius 3 is 1.55 bits per heavy atom. The first-order valence-corrected chi connectivity index (χ1v) is 27.7. The van der Waals surface area contributed by atoms with E-state index in [0.29, 0.717) is 12.8 Å². The first-order chi connectivity index (χ1) is 34.6. The van der Waals surface area contributed by atoms with Gasteiger partial charge >= 0.3 is 0 Å². The SMILES string of the molecule is CC/C=C\C/C=C\C/C=C\C/C=C\CCCCCCCCCCCCCCC(=O)NC(COC1OC(CO)C(OC2OC(CO)C(O)C(O)C2O)C(O)C1O)C(O)/C=C/CC/C=C/CCCCCCCC. The Kier molecular flexibility index (Phi) is 38.9.